The van der Waals surface area contributed by atoms with Crippen LogP contribution in [0.25, 0.3) is 0 Å². The molecule has 1 saturated heterocycles. The van der Waals surface area contributed by atoms with Crippen LogP contribution in [-0.4, -0.2) is 68.9 Å². The molecule has 1 aliphatic heterocycles. The summed E-state index contributed by atoms with van der Waals surface area (Å²) < 4.78 is 10.6. The van der Waals surface area contributed by atoms with Crippen molar-refractivity contribution in [2.75, 3.05) is 13.2 Å². The number of aliphatic hydroxyl groups excluding tert-OH is 4. The van der Waals surface area contributed by atoms with Crippen molar-refractivity contribution >= 4 is 0 Å². The van der Waals surface area contributed by atoms with Gasteiger partial charge in [0, 0.05) is 0 Å². The third-order valence-corrected chi connectivity index (χ3v) is 3.34. The minimum atomic E-state index is -2.19. The Morgan fingerprint density at radius 1 is 1.15 bits per heavy atom. The summed E-state index contributed by atoms with van der Waals surface area (Å²) in [5.41, 5.74) is -2.19. The Balaban J connectivity index is 2.23. The SMILES string of the molecule is OC[C@H]1O[C@H](Oc2ccccc2)[C@](O)(CO)[C@@H](O)[C@@H]1O. The average molecular weight is 286 g/mol. The Bertz CT molecular complexity index is 426. The highest BCUT2D eigenvalue weighted by Gasteiger charge is 2.55. The van der Waals surface area contributed by atoms with Gasteiger partial charge in [-0.3, -0.25) is 0 Å². The summed E-state index contributed by atoms with van der Waals surface area (Å²) >= 11 is 0. The first-order valence-corrected chi connectivity index (χ1v) is 6.20. The van der Waals surface area contributed by atoms with Gasteiger partial charge in [0.25, 0.3) is 0 Å². The predicted molar refractivity (Wildman–Crippen MR) is 66.9 cm³/mol. The number of benzene rings is 1. The van der Waals surface area contributed by atoms with Crippen LogP contribution < -0.4 is 4.74 Å². The summed E-state index contributed by atoms with van der Waals surface area (Å²) in [7, 11) is 0. The molecule has 2 rings (SSSR count). The van der Waals surface area contributed by atoms with E-state index in [1.165, 1.54) is 0 Å². The van der Waals surface area contributed by atoms with E-state index in [1.807, 2.05) is 0 Å². The second-order valence-corrected chi connectivity index (χ2v) is 4.70. The molecule has 0 aliphatic carbocycles. The van der Waals surface area contributed by atoms with Crippen molar-refractivity contribution in [3.05, 3.63) is 30.3 Å². The summed E-state index contributed by atoms with van der Waals surface area (Å²) in [6.07, 6.45) is -5.80. The van der Waals surface area contributed by atoms with Crippen molar-refractivity contribution in [2.45, 2.75) is 30.2 Å². The summed E-state index contributed by atoms with van der Waals surface area (Å²) in [6.45, 7) is -1.44. The van der Waals surface area contributed by atoms with Gasteiger partial charge in [0.05, 0.1) is 13.2 Å². The molecule has 20 heavy (non-hydrogen) atoms. The van der Waals surface area contributed by atoms with Gasteiger partial charge in [-0.05, 0) is 12.1 Å². The minimum absolute atomic E-state index is 0.352. The Hall–Kier alpha value is -1.22. The maximum atomic E-state index is 10.3. The van der Waals surface area contributed by atoms with E-state index in [0.29, 0.717) is 5.75 Å². The van der Waals surface area contributed by atoms with Crippen molar-refractivity contribution in [3.8, 4) is 5.75 Å². The van der Waals surface area contributed by atoms with Crippen molar-refractivity contribution in [1.82, 2.24) is 0 Å². The third kappa shape index (κ3) is 2.64. The normalized spacial score (nSPS) is 37.6. The molecule has 0 amide bonds. The van der Waals surface area contributed by atoms with Crippen LogP contribution in [0.2, 0.25) is 0 Å². The van der Waals surface area contributed by atoms with E-state index in [4.69, 9.17) is 14.6 Å². The van der Waals surface area contributed by atoms with E-state index < -0.39 is 43.4 Å². The van der Waals surface area contributed by atoms with Gasteiger partial charge in [0.1, 0.15) is 24.1 Å². The van der Waals surface area contributed by atoms with Gasteiger partial charge in [0.2, 0.25) is 6.29 Å². The molecule has 7 nitrogen and oxygen atoms in total. The van der Waals surface area contributed by atoms with E-state index >= 15 is 0 Å². The van der Waals surface area contributed by atoms with E-state index in [9.17, 15) is 20.4 Å². The third-order valence-electron chi connectivity index (χ3n) is 3.34. The molecule has 1 heterocycles. The molecule has 1 aliphatic rings. The number of para-hydroxylation sites is 1. The molecule has 0 radical (unpaired) electrons. The van der Waals surface area contributed by atoms with Crippen molar-refractivity contribution in [3.63, 3.8) is 0 Å². The number of aliphatic hydroxyl groups is 5. The lowest BCUT2D eigenvalue weighted by Crippen LogP contribution is -2.69. The Kier molecular flexibility index (Phi) is 4.59. The lowest BCUT2D eigenvalue weighted by atomic mass is 9.87. The molecule has 0 bridgehead atoms. The van der Waals surface area contributed by atoms with Gasteiger partial charge >= 0.3 is 0 Å². The fraction of sp³-hybridized carbons (Fsp3) is 0.538. The van der Waals surface area contributed by atoms with Crippen LogP contribution in [0.5, 0.6) is 5.75 Å². The maximum absolute atomic E-state index is 10.3. The lowest BCUT2D eigenvalue weighted by Gasteiger charge is -2.46. The zero-order chi connectivity index (χ0) is 14.8. The highest BCUT2D eigenvalue weighted by atomic mass is 16.7. The van der Waals surface area contributed by atoms with Gasteiger partial charge in [-0.15, -0.1) is 0 Å². The van der Waals surface area contributed by atoms with Crippen LogP contribution >= 0.6 is 0 Å². The van der Waals surface area contributed by atoms with Crippen LogP contribution in [0.15, 0.2) is 30.3 Å². The summed E-state index contributed by atoms with van der Waals surface area (Å²) in [4.78, 5) is 0. The van der Waals surface area contributed by atoms with Gasteiger partial charge in [-0.2, -0.15) is 0 Å². The fourth-order valence-electron chi connectivity index (χ4n) is 2.07. The van der Waals surface area contributed by atoms with E-state index in [0.717, 1.165) is 0 Å². The molecule has 0 saturated carbocycles. The zero-order valence-corrected chi connectivity index (χ0v) is 10.7. The minimum Gasteiger partial charge on any atom is -0.462 e. The van der Waals surface area contributed by atoms with Crippen LogP contribution in [0, 0.1) is 0 Å². The topological polar surface area (TPSA) is 120 Å². The van der Waals surface area contributed by atoms with Crippen molar-refractivity contribution < 1.29 is 35.0 Å². The highest BCUT2D eigenvalue weighted by molar-refractivity contribution is 5.22. The predicted octanol–water partition coefficient (Wildman–Crippen LogP) is -1.77. The quantitative estimate of drug-likeness (QED) is 0.444. The molecule has 7 heteroatoms. The first-order valence-electron chi connectivity index (χ1n) is 6.20. The molecule has 0 aromatic heterocycles. The average Bonchev–Trinajstić information content (AvgIpc) is 2.49. The molecular weight excluding hydrogens is 268 g/mol. The number of hydrogen-bond acceptors (Lipinski definition) is 7. The second-order valence-electron chi connectivity index (χ2n) is 4.70. The second kappa shape index (κ2) is 6.04. The van der Waals surface area contributed by atoms with E-state index in [1.54, 1.807) is 30.3 Å². The molecule has 112 valence electrons. The van der Waals surface area contributed by atoms with Crippen LogP contribution in [0.3, 0.4) is 0 Å². The molecule has 1 aromatic carbocycles. The van der Waals surface area contributed by atoms with Gasteiger partial charge in [-0.25, -0.2) is 0 Å². The molecule has 5 N–H and O–H groups in total. The smallest absolute Gasteiger partial charge is 0.234 e. The molecule has 1 aromatic rings. The largest absolute Gasteiger partial charge is 0.462 e. The maximum Gasteiger partial charge on any atom is 0.234 e. The molecule has 5 atom stereocenters. The Labute approximate surface area is 115 Å². The molecule has 0 spiro atoms. The highest BCUT2D eigenvalue weighted by Crippen LogP contribution is 2.31. The zero-order valence-electron chi connectivity index (χ0n) is 10.7. The number of ether oxygens (including phenoxy) is 2. The first-order chi connectivity index (χ1) is 9.52. The van der Waals surface area contributed by atoms with Crippen LogP contribution in [0.1, 0.15) is 0 Å². The number of rotatable bonds is 4. The Morgan fingerprint density at radius 2 is 1.80 bits per heavy atom. The summed E-state index contributed by atoms with van der Waals surface area (Å²) in [5, 5.41) is 48.3. The monoisotopic (exact) mass is 286 g/mol. The van der Waals surface area contributed by atoms with Gasteiger partial charge in [-0.1, -0.05) is 18.2 Å². The molecular formula is C13H18O7. The standard InChI is InChI=1S/C13H18O7/c14-6-9-10(16)11(17)13(18,7-15)12(20-9)19-8-4-2-1-3-5-8/h1-5,9-12,14-18H,6-7H2/t9-,10-,11+,12+,13+/m1/s1. The van der Waals surface area contributed by atoms with Crippen molar-refractivity contribution in [1.29, 1.82) is 0 Å². The van der Waals surface area contributed by atoms with Gasteiger partial charge in [0.15, 0.2) is 5.60 Å². The Morgan fingerprint density at radius 3 is 2.35 bits per heavy atom. The van der Waals surface area contributed by atoms with Crippen molar-refractivity contribution in [2.24, 2.45) is 0 Å². The van der Waals surface area contributed by atoms with E-state index in [-0.39, 0.29) is 0 Å². The molecule has 1 fully saturated rings. The summed E-state index contributed by atoms with van der Waals surface area (Å²) in [6, 6.07) is 8.37. The fourth-order valence-corrected chi connectivity index (χ4v) is 2.07. The molecule has 0 unspecified atom stereocenters. The van der Waals surface area contributed by atoms with Crippen LogP contribution in [0.4, 0.5) is 0 Å². The number of hydrogen-bond donors (Lipinski definition) is 5. The van der Waals surface area contributed by atoms with Crippen LogP contribution in [-0.2, 0) is 4.74 Å². The van der Waals surface area contributed by atoms with E-state index in [2.05, 4.69) is 0 Å². The summed E-state index contributed by atoms with van der Waals surface area (Å²) in [5.74, 6) is 0.352. The first kappa shape index (κ1) is 15.2. The van der Waals surface area contributed by atoms with Gasteiger partial charge < -0.3 is 35.0 Å². The lowest BCUT2D eigenvalue weighted by molar-refractivity contribution is -0.327.